The number of benzene rings is 1. The number of nitrogens with one attached hydrogen (secondary N) is 1. The number of nitrogens with two attached hydrogens (primary N) is 1. The molecular weight excluding hydrogens is 326 g/mol. The van der Waals surface area contributed by atoms with E-state index in [1.54, 1.807) is 0 Å². The van der Waals surface area contributed by atoms with Gasteiger partial charge in [0.15, 0.2) is 0 Å². The molecule has 1 saturated heterocycles. The number of piperidine rings is 1. The van der Waals surface area contributed by atoms with Crippen molar-refractivity contribution in [1.82, 2.24) is 9.62 Å². The zero-order valence-corrected chi connectivity index (χ0v) is 15.0. The van der Waals surface area contributed by atoms with Gasteiger partial charge >= 0.3 is 0 Å². The fourth-order valence-electron chi connectivity index (χ4n) is 2.93. The van der Waals surface area contributed by atoms with Crippen LogP contribution < -0.4 is 11.1 Å². The summed E-state index contributed by atoms with van der Waals surface area (Å²) in [6.07, 6.45) is 2.38. The van der Waals surface area contributed by atoms with Gasteiger partial charge in [-0.15, -0.1) is 0 Å². The van der Waals surface area contributed by atoms with Crippen LogP contribution in [-0.4, -0.2) is 49.6 Å². The third kappa shape index (κ3) is 5.29. The minimum atomic E-state index is -3.15. The average molecular weight is 353 g/mol. The average Bonchev–Trinajstić information content (AvgIpc) is 2.56. The van der Waals surface area contributed by atoms with E-state index in [0.717, 1.165) is 5.56 Å². The highest BCUT2D eigenvalue weighted by Gasteiger charge is 2.28. The standard InChI is InChI=1S/C17H27N3O3S/c1-2-12-24(22,23)20-10-8-15(9-11-20)19-17(21)16(18)13-14-6-4-3-5-7-14/h3-7,15-16H,2,8-13,18H2,1H3,(H,19,21)/t16-/m0/s1. The predicted octanol–water partition coefficient (Wildman–Crippen LogP) is 0.877. The Morgan fingerprint density at radius 1 is 1.29 bits per heavy atom. The number of hydrogen-bond donors (Lipinski definition) is 2. The van der Waals surface area contributed by atoms with Gasteiger partial charge in [0.05, 0.1) is 11.8 Å². The van der Waals surface area contributed by atoms with Gasteiger partial charge in [0, 0.05) is 19.1 Å². The summed E-state index contributed by atoms with van der Waals surface area (Å²) in [5.41, 5.74) is 7.01. The van der Waals surface area contributed by atoms with E-state index in [1.165, 1.54) is 4.31 Å². The summed E-state index contributed by atoms with van der Waals surface area (Å²) in [6, 6.07) is 9.07. The van der Waals surface area contributed by atoms with Gasteiger partial charge < -0.3 is 11.1 Å². The van der Waals surface area contributed by atoms with Crippen LogP contribution in [0.25, 0.3) is 0 Å². The van der Waals surface area contributed by atoms with Crippen LogP contribution >= 0.6 is 0 Å². The van der Waals surface area contributed by atoms with E-state index in [2.05, 4.69) is 5.32 Å². The Hall–Kier alpha value is -1.44. The van der Waals surface area contributed by atoms with Crippen LogP contribution in [0.5, 0.6) is 0 Å². The molecule has 1 aliphatic heterocycles. The molecular formula is C17H27N3O3S. The van der Waals surface area contributed by atoms with Crippen molar-refractivity contribution in [3.63, 3.8) is 0 Å². The van der Waals surface area contributed by atoms with Crippen molar-refractivity contribution in [2.45, 2.75) is 44.7 Å². The molecule has 1 amide bonds. The molecule has 24 heavy (non-hydrogen) atoms. The lowest BCUT2D eigenvalue weighted by molar-refractivity contribution is -0.123. The molecule has 0 unspecified atom stereocenters. The second-order valence-corrected chi connectivity index (χ2v) is 8.38. The molecule has 0 aromatic heterocycles. The zero-order valence-electron chi connectivity index (χ0n) is 14.1. The largest absolute Gasteiger partial charge is 0.352 e. The van der Waals surface area contributed by atoms with E-state index in [-0.39, 0.29) is 17.7 Å². The van der Waals surface area contributed by atoms with E-state index in [1.807, 2.05) is 37.3 Å². The molecule has 0 aliphatic carbocycles. The van der Waals surface area contributed by atoms with Crippen LogP contribution in [0.3, 0.4) is 0 Å². The predicted molar refractivity (Wildman–Crippen MR) is 94.9 cm³/mol. The molecule has 2 rings (SSSR count). The summed E-state index contributed by atoms with van der Waals surface area (Å²) in [5.74, 6) is 0.0140. The molecule has 6 nitrogen and oxygen atoms in total. The summed E-state index contributed by atoms with van der Waals surface area (Å²) in [5, 5.41) is 2.96. The second kappa shape index (κ2) is 8.60. The van der Waals surface area contributed by atoms with Gasteiger partial charge in [-0.05, 0) is 31.2 Å². The number of amides is 1. The van der Waals surface area contributed by atoms with E-state index in [9.17, 15) is 13.2 Å². The lowest BCUT2D eigenvalue weighted by atomic mass is 10.0. The molecule has 7 heteroatoms. The van der Waals surface area contributed by atoms with Crippen LogP contribution in [-0.2, 0) is 21.2 Å². The molecule has 1 aliphatic rings. The van der Waals surface area contributed by atoms with Crippen molar-refractivity contribution in [2.75, 3.05) is 18.8 Å². The summed E-state index contributed by atoms with van der Waals surface area (Å²) in [6.45, 7) is 2.78. The van der Waals surface area contributed by atoms with Crippen molar-refractivity contribution < 1.29 is 13.2 Å². The Morgan fingerprint density at radius 2 is 1.92 bits per heavy atom. The minimum Gasteiger partial charge on any atom is -0.352 e. The lowest BCUT2D eigenvalue weighted by Crippen LogP contribution is -2.51. The van der Waals surface area contributed by atoms with Gasteiger partial charge in [-0.25, -0.2) is 12.7 Å². The first-order valence-corrected chi connectivity index (χ1v) is 10.1. The van der Waals surface area contributed by atoms with E-state index < -0.39 is 16.1 Å². The summed E-state index contributed by atoms with van der Waals surface area (Å²) >= 11 is 0. The molecule has 0 spiro atoms. The van der Waals surface area contributed by atoms with Crippen molar-refractivity contribution in [3.8, 4) is 0 Å². The molecule has 1 heterocycles. The van der Waals surface area contributed by atoms with Crippen LogP contribution in [0.2, 0.25) is 0 Å². The first-order chi connectivity index (χ1) is 11.4. The van der Waals surface area contributed by atoms with Crippen LogP contribution in [0.4, 0.5) is 0 Å². The van der Waals surface area contributed by atoms with E-state index in [0.29, 0.717) is 38.8 Å². The maximum absolute atomic E-state index is 12.2. The Balaban J connectivity index is 1.80. The highest BCUT2D eigenvalue weighted by molar-refractivity contribution is 7.89. The van der Waals surface area contributed by atoms with E-state index in [4.69, 9.17) is 5.73 Å². The first-order valence-electron chi connectivity index (χ1n) is 8.50. The summed E-state index contributed by atoms with van der Waals surface area (Å²) in [4.78, 5) is 12.2. The van der Waals surface area contributed by atoms with Gasteiger partial charge in [-0.1, -0.05) is 37.3 Å². The third-order valence-electron chi connectivity index (χ3n) is 4.29. The number of carbonyl (C=O) groups is 1. The Kier molecular flexibility index (Phi) is 6.77. The SMILES string of the molecule is CCCS(=O)(=O)N1CCC(NC(=O)[C@@H](N)Cc2ccccc2)CC1. The van der Waals surface area contributed by atoms with Gasteiger partial charge in [-0.3, -0.25) is 4.79 Å². The normalized spacial score (nSPS) is 18.2. The monoisotopic (exact) mass is 353 g/mol. The summed E-state index contributed by atoms with van der Waals surface area (Å²) < 4.78 is 25.6. The summed E-state index contributed by atoms with van der Waals surface area (Å²) in [7, 11) is -3.15. The fourth-order valence-corrected chi connectivity index (χ4v) is 4.48. The molecule has 134 valence electrons. The van der Waals surface area contributed by atoms with Gasteiger partial charge in [0.25, 0.3) is 0 Å². The van der Waals surface area contributed by atoms with Gasteiger partial charge in [0.2, 0.25) is 15.9 Å². The number of carbonyl (C=O) groups excluding carboxylic acids is 1. The Bertz CT molecular complexity index is 626. The molecule has 3 N–H and O–H groups in total. The molecule has 1 fully saturated rings. The number of hydrogen-bond acceptors (Lipinski definition) is 4. The molecule has 0 radical (unpaired) electrons. The van der Waals surface area contributed by atoms with Crippen LogP contribution in [0, 0.1) is 0 Å². The van der Waals surface area contributed by atoms with Gasteiger partial charge in [-0.2, -0.15) is 0 Å². The maximum atomic E-state index is 12.2. The minimum absolute atomic E-state index is 0.00704. The van der Waals surface area contributed by atoms with Gasteiger partial charge in [0.1, 0.15) is 0 Å². The fraction of sp³-hybridized carbons (Fsp3) is 0.588. The highest BCUT2D eigenvalue weighted by Crippen LogP contribution is 2.15. The molecule has 0 saturated carbocycles. The Morgan fingerprint density at radius 3 is 2.50 bits per heavy atom. The smallest absolute Gasteiger partial charge is 0.237 e. The number of rotatable bonds is 7. The zero-order chi connectivity index (χ0) is 17.6. The quantitative estimate of drug-likeness (QED) is 0.761. The van der Waals surface area contributed by atoms with Crippen molar-refractivity contribution in [3.05, 3.63) is 35.9 Å². The number of nitrogens with zero attached hydrogens (tertiary/aromatic N) is 1. The van der Waals surface area contributed by atoms with Crippen molar-refractivity contribution in [2.24, 2.45) is 5.73 Å². The first kappa shape index (κ1) is 18.9. The molecule has 1 aromatic carbocycles. The lowest BCUT2D eigenvalue weighted by Gasteiger charge is -2.32. The molecule has 1 aromatic rings. The van der Waals surface area contributed by atoms with Crippen molar-refractivity contribution in [1.29, 1.82) is 0 Å². The Labute approximate surface area is 144 Å². The maximum Gasteiger partial charge on any atom is 0.237 e. The molecule has 0 bridgehead atoms. The topological polar surface area (TPSA) is 92.5 Å². The van der Waals surface area contributed by atoms with Crippen LogP contribution in [0.1, 0.15) is 31.7 Å². The molecule has 1 atom stereocenters. The van der Waals surface area contributed by atoms with Crippen molar-refractivity contribution >= 4 is 15.9 Å². The second-order valence-electron chi connectivity index (χ2n) is 6.29. The van der Waals surface area contributed by atoms with Crippen LogP contribution in [0.15, 0.2) is 30.3 Å². The third-order valence-corrected chi connectivity index (χ3v) is 6.37. The highest BCUT2D eigenvalue weighted by atomic mass is 32.2. The van der Waals surface area contributed by atoms with E-state index >= 15 is 0 Å². The number of sulfonamides is 1.